The summed E-state index contributed by atoms with van der Waals surface area (Å²) in [4.78, 5) is 14.1. The van der Waals surface area contributed by atoms with Gasteiger partial charge in [-0.05, 0) is 37.9 Å². The van der Waals surface area contributed by atoms with Crippen molar-refractivity contribution in [2.45, 2.75) is 31.3 Å². The van der Waals surface area contributed by atoms with E-state index in [-0.39, 0.29) is 30.1 Å². The summed E-state index contributed by atoms with van der Waals surface area (Å²) in [5, 5.41) is 3.23. The van der Waals surface area contributed by atoms with Gasteiger partial charge in [-0.3, -0.25) is 4.79 Å². The van der Waals surface area contributed by atoms with Gasteiger partial charge >= 0.3 is 0 Å². The average molecular weight is 321 g/mol. The first-order valence-corrected chi connectivity index (χ1v) is 6.76. The lowest BCUT2D eigenvalue weighted by Crippen LogP contribution is -2.42. The van der Waals surface area contributed by atoms with E-state index in [0.717, 1.165) is 37.9 Å². The summed E-state index contributed by atoms with van der Waals surface area (Å²) < 4.78 is 40.0. The lowest BCUT2D eigenvalue weighted by molar-refractivity contribution is 0.0674. The van der Waals surface area contributed by atoms with Crippen LogP contribution in [0.3, 0.4) is 0 Å². The van der Waals surface area contributed by atoms with Crippen molar-refractivity contribution in [1.82, 2.24) is 10.2 Å². The predicted molar refractivity (Wildman–Crippen MR) is 74.0 cm³/mol. The molecule has 1 aromatic carbocycles. The molecule has 7 heteroatoms. The van der Waals surface area contributed by atoms with Crippen LogP contribution in [0.15, 0.2) is 12.1 Å². The molecule has 0 radical (unpaired) electrons. The number of fused-ring (bicyclic) bond motifs is 2. The first kappa shape index (κ1) is 16.1. The van der Waals surface area contributed by atoms with Crippen LogP contribution in [0.2, 0.25) is 0 Å². The normalized spacial score (nSPS) is 24.4. The molecule has 2 aliphatic rings. The van der Waals surface area contributed by atoms with Crippen molar-refractivity contribution in [1.29, 1.82) is 0 Å². The summed E-state index contributed by atoms with van der Waals surface area (Å²) in [6, 6.07) is 1.87. The van der Waals surface area contributed by atoms with Crippen LogP contribution >= 0.6 is 12.4 Å². The molecule has 0 saturated carbocycles. The van der Waals surface area contributed by atoms with E-state index in [1.54, 1.807) is 4.90 Å². The van der Waals surface area contributed by atoms with Gasteiger partial charge in [-0.2, -0.15) is 0 Å². The van der Waals surface area contributed by atoms with Crippen LogP contribution in [0.1, 0.15) is 29.6 Å². The van der Waals surface area contributed by atoms with Gasteiger partial charge in [-0.15, -0.1) is 12.4 Å². The third-order valence-electron chi connectivity index (χ3n) is 4.15. The monoisotopic (exact) mass is 320 g/mol. The molecular formula is C14H16ClF3N2O. The third kappa shape index (κ3) is 2.74. The fraction of sp³-hybridized carbons (Fsp3) is 0.500. The maximum absolute atomic E-state index is 13.8. The Labute approximate surface area is 126 Å². The van der Waals surface area contributed by atoms with Gasteiger partial charge in [0, 0.05) is 18.6 Å². The first-order valence-electron chi connectivity index (χ1n) is 6.76. The van der Waals surface area contributed by atoms with E-state index in [4.69, 9.17) is 0 Å². The molecule has 3 rings (SSSR count). The summed E-state index contributed by atoms with van der Waals surface area (Å²) in [6.07, 6.45) is 2.53. The number of nitrogens with one attached hydrogen (secondary N) is 1. The SMILES string of the molecule is Cl.O=C(c1ccc(F)c(F)c1F)N1C2CCNCC1CC2. The van der Waals surface area contributed by atoms with Crippen LogP contribution in [-0.2, 0) is 0 Å². The van der Waals surface area contributed by atoms with E-state index >= 15 is 0 Å². The van der Waals surface area contributed by atoms with E-state index in [1.807, 2.05) is 0 Å². The van der Waals surface area contributed by atoms with E-state index in [0.29, 0.717) is 6.54 Å². The molecule has 3 nitrogen and oxygen atoms in total. The number of rotatable bonds is 1. The van der Waals surface area contributed by atoms with Crippen molar-refractivity contribution in [3.8, 4) is 0 Å². The Morgan fingerprint density at radius 2 is 1.81 bits per heavy atom. The zero-order valence-corrected chi connectivity index (χ0v) is 12.1. The van der Waals surface area contributed by atoms with Crippen molar-refractivity contribution in [2.24, 2.45) is 0 Å². The average Bonchev–Trinajstić information content (AvgIpc) is 2.69. The van der Waals surface area contributed by atoms with Crippen LogP contribution in [0.4, 0.5) is 13.2 Å². The summed E-state index contributed by atoms with van der Waals surface area (Å²) >= 11 is 0. The molecule has 2 fully saturated rings. The number of amides is 1. The Hall–Kier alpha value is -1.27. The molecule has 2 saturated heterocycles. The van der Waals surface area contributed by atoms with Crippen LogP contribution in [0.25, 0.3) is 0 Å². The lowest BCUT2D eigenvalue weighted by Gasteiger charge is -2.28. The van der Waals surface area contributed by atoms with E-state index in [2.05, 4.69) is 5.32 Å². The molecule has 2 aliphatic heterocycles. The molecule has 1 aromatic rings. The molecular weight excluding hydrogens is 305 g/mol. The van der Waals surface area contributed by atoms with Gasteiger partial charge in [-0.25, -0.2) is 13.2 Å². The van der Waals surface area contributed by atoms with Crippen LogP contribution in [-0.4, -0.2) is 36.0 Å². The number of carbonyl (C=O) groups excluding carboxylic acids is 1. The lowest BCUT2D eigenvalue weighted by atomic mass is 10.1. The van der Waals surface area contributed by atoms with Gasteiger partial charge in [-0.1, -0.05) is 0 Å². The highest BCUT2D eigenvalue weighted by Crippen LogP contribution is 2.30. The molecule has 0 spiro atoms. The zero-order chi connectivity index (χ0) is 14.3. The van der Waals surface area contributed by atoms with Crippen molar-refractivity contribution in [3.63, 3.8) is 0 Å². The topological polar surface area (TPSA) is 32.3 Å². The van der Waals surface area contributed by atoms with E-state index < -0.39 is 23.4 Å². The summed E-state index contributed by atoms with van der Waals surface area (Å²) in [6.45, 7) is 1.47. The Morgan fingerprint density at radius 3 is 2.57 bits per heavy atom. The number of benzene rings is 1. The highest BCUT2D eigenvalue weighted by atomic mass is 35.5. The first-order chi connectivity index (χ1) is 9.59. The standard InChI is InChI=1S/C14H15F3N2O.ClH/c15-11-4-3-10(12(16)13(11)17)14(20)19-8-1-2-9(19)7-18-6-5-8;/h3-4,8-9,18H,1-2,5-7H2;1H. The van der Waals surface area contributed by atoms with Gasteiger partial charge in [0.25, 0.3) is 5.91 Å². The Bertz CT molecular complexity index is 541. The molecule has 2 unspecified atom stereocenters. The number of nitrogens with zero attached hydrogens (tertiary/aromatic N) is 1. The van der Waals surface area contributed by atoms with Crippen molar-refractivity contribution in [3.05, 3.63) is 35.1 Å². The summed E-state index contributed by atoms with van der Waals surface area (Å²) in [5.74, 6) is -4.81. The maximum Gasteiger partial charge on any atom is 0.257 e. The quantitative estimate of drug-likeness (QED) is 0.806. The third-order valence-corrected chi connectivity index (χ3v) is 4.15. The Kier molecular flexibility index (Phi) is 4.78. The zero-order valence-electron chi connectivity index (χ0n) is 11.2. The van der Waals surface area contributed by atoms with Crippen molar-refractivity contribution >= 4 is 18.3 Å². The second kappa shape index (κ2) is 6.23. The molecule has 1 N–H and O–H groups in total. The summed E-state index contributed by atoms with van der Waals surface area (Å²) in [7, 11) is 0. The fourth-order valence-corrected chi connectivity index (χ4v) is 3.14. The van der Waals surface area contributed by atoms with E-state index in [1.165, 1.54) is 0 Å². The number of hydrogen-bond donors (Lipinski definition) is 1. The number of hydrogen-bond acceptors (Lipinski definition) is 2. The Morgan fingerprint density at radius 1 is 1.10 bits per heavy atom. The van der Waals surface area contributed by atoms with Gasteiger partial charge in [0.2, 0.25) is 0 Å². The van der Waals surface area contributed by atoms with Gasteiger partial charge in [0.1, 0.15) is 0 Å². The molecule has 2 atom stereocenters. The van der Waals surface area contributed by atoms with Crippen molar-refractivity contribution < 1.29 is 18.0 Å². The van der Waals surface area contributed by atoms with E-state index in [9.17, 15) is 18.0 Å². The smallest absolute Gasteiger partial charge is 0.257 e. The minimum Gasteiger partial charge on any atom is -0.331 e. The minimum absolute atomic E-state index is 0. The molecule has 0 aliphatic carbocycles. The second-order valence-corrected chi connectivity index (χ2v) is 5.31. The minimum atomic E-state index is -1.59. The van der Waals surface area contributed by atoms with Gasteiger partial charge < -0.3 is 10.2 Å². The second-order valence-electron chi connectivity index (χ2n) is 5.31. The molecule has 1 amide bonds. The van der Waals surface area contributed by atoms with Crippen LogP contribution < -0.4 is 5.32 Å². The highest BCUT2D eigenvalue weighted by Gasteiger charge is 2.39. The Balaban J connectivity index is 0.00000161. The largest absolute Gasteiger partial charge is 0.331 e. The van der Waals surface area contributed by atoms with Crippen LogP contribution in [0, 0.1) is 17.5 Å². The number of halogens is 4. The molecule has 0 aromatic heterocycles. The fourth-order valence-electron chi connectivity index (χ4n) is 3.14. The molecule has 21 heavy (non-hydrogen) atoms. The molecule has 2 heterocycles. The van der Waals surface area contributed by atoms with Gasteiger partial charge in [0.15, 0.2) is 17.5 Å². The predicted octanol–water partition coefficient (Wildman–Crippen LogP) is 2.49. The number of carbonyl (C=O) groups is 1. The molecule has 2 bridgehead atoms. The summed E-state index contributed by atoms with van der Waals surface area (Å²) in [5.41, 5.74) is -0.386. The van der Waals surface area contributed by atoms with Gasteiger partial charge in [0.05, 0.1) is 5.56 Å². The molecule has 116 valence electrons. The highest BCUT2D eigenvalue weighted by molar-refractivity contribution is 5.95. The maximum atomic E-state index is 13.8. The van der Waals surface area contributed by atoms with Crippen molar-refractivity contribution in [2.75, 3.05) is 13.1 Å². The van der Waals surface area contributed by atoms with Crippen LogP contribution in [0.5, 0.6) is 0 Å².